The molecule has 0 aromatic heterocycles. The molecule has 0 heterocycles. The third-order valence-electron chi connectivity index (χ3n) is 15.0. The van der Waals surface area contributed by atoms with Crippen LogP contribution in [0.15, 0.2) is 113 Å². The summed E-state index contributed by atoms with van der Waals surface area (Å²) in [5.74, 6) is 4.37. The number of nitrogens with zero attached hydrogens (tertiary/aromatic N) is 1. The monoisotopic (exact) mass is 681 g/mol. The standard InChI is InChI=1S/C48H63NSi/c1-4-11-36(12-5-1)37-21-27-41(28-22-37)49(42-29-23-39(24-30-42)47-34-35-19-20-40(47)33-35)48-18-10-17-46(48)38-25-31-45(32-26-38)50(43-13-6-2-7-14-43)44-15-8-3-9-16-44/h2,6-7,11,13-14,17,19-21,25,27-28,31,35,37,39-40,42,44,47-48,50H,1,3-5,8-10,12,15-16,18,22-24,26,29-30,32-34H2. The van der Waals surface area contributed by atoms with Gasteiger partial charge in [-0.2, -0.15) is 0 Å². The fraction of sp³-hybridized carbons (Fsp3) is 0.583. The lowest BCUT2D eigenvalue weighted by molar-refractivity contribution is 0.118. The van der Waals surface area contributed by atoms with Crippen LogP contribution in [0.1, 0.15) is 128 Å². The number of allylic oxidation sites excluding steroid dienone is 11. The van der Waals surface area contributed by atoms with Gasteiger partial charge in [-0.3, -0.25) is 0 Å². The zero-order valence-corrected chi connectivity index (χ0v) is 32.0. The van der Waals surface area contributed by atoms with Crippen LogP contribution in [0, 0.1) is 29.6 Å². The molecule has 0 spiro atoms. The average molecular weight is 682 g/mol. The van der Waals surface area contributed by atoms with Crippen LogP contribution in [0.5, 0.6) is 0 Å². The highest BCUT2D eigenvalue weighted by atomic mass is 28.3. The smallest absolute Gasteiger partial charge is 0.101 e. The van der Waals surface area contributed by atoms with Gasteiger partial charge in [0.25, 0.3) is 0 Å². The van der Waals surface area contributed by atoms with E-state index in [1.165, 1.54) is 128 Å². The summed E-state index contributed by atoms with van der Waals surface area (Å²) in [5.41, 5.74) is 7.59. The van der Waals surface area contributed by atoms with Gasteiger partial charge in [-0.05, 0) is 143 Å². The Balaban J connectivity index is 0.963. The number of benzene rings is 1. The number of hydrogen-bond acceptors (Lipinski definition) is 1. The third kappa shape index (κ3) is 6.84. The molecule has 0 saturated heterocycles. The maximum absolute atomic E-state index is 3.02. The van der Waals surface area contributed by atoms with Crippen molar-refractivity contribution in [2.75, 3.05) is 0 Å². The molecule has 3 saturated carbocycles. The molecule has 0 aliphatic heterocycles. The van der Waals surface area contributed by atoms with Gasteiger partial charge in [-0.25, -0.2) is 0 Å². The summed E-state index contributed by atoms with van der Waals surface area (Å²) in [7, 11) is -1.18. The molecule has 1 aromatic rings. The van der Waals surface area contributed by atoms with Crippen molar-refractivity contribution in [3.8, 4) is 0 Å². The number of rotatable bonds is 9. The minimum atomic E-state index is -1.18. The zero-order chi connectivity index (χ0) is 33.3. The fourth-order valence-electron chi connectivity index (χ4n) is 12.5. The molecule has 50 heavy (non-hydrogen) atoms. The molecule has 3 fully saturated rings. The van der Waals surface area contributed by atoms with E-state index in [4.69, 9.17) is 0 Å². The SMILES string of the molecule is C1=CC(C2=CCCCC2)CC=C1N(C1CCC(C2CC3C=CC2C3)CC1)C1CCC=C1C1=CC=C([SiH](c2ccccc2)C2CCCCC2)CC1. The van der Waals surface area contributed by atoms with Gasteiger partial charge in [0.2, 0.25) is 0 Å². The molecule has 6 unspecified atom stereocenters. The van der Waals surface area contributed by atoms with Crippen molar-refractivity contribution in [2.45, 2.75) is 146 Å². The predicted octanol–water partition coefficient (Wildman–Crippen LogP) is 11.8. The van der Waals surface area contributed by atoms with Crippen molar-refractivity contribution < 1.29 is 0 Å². The van der Waals surface area contributed by atoms with Gasteiger partial charge in [-0.1, -0.05) is 127 Å². The van der Waals surface area contributed by atoms with Crippen molar-refractivity contribution >= 4 is 14.0 Å². The molecule has 8 aliphatic carbocycles. The van der Waals surface area contributed by atoms with Gasteiger partial charge in [0.15, 0.2) is 0 Å². The van der Waals surface area contributed by atoms with Crippen LogP contribution < -0.4 is 5.19 Å². The first-order valence-electron chi connectivity index (χ1n) is 21.5. The van der Waals surface area contributed by atoms with Gasteiger partial charge >= 0.3 is 0 Å². The van der Waals surface area contributed by atoms with E-state index < -0.39 is 8.80 Å². The van der Waals surface area contributed by atoms with E-state index in [2.05, 4.69) is 89.9 Å². The summed E-state index contributed by atoms with van der Waals surface area (Å²) in [5, 5.41) is 3.54. The molecule has 0 amide bonds. The van der Waals surface area contributed by atoms with E-state index in [-0.39, 0.29) is 0 Å². The minimum Gasteiger partial charge on any atom is -0.362 e. The summed E-state index contributed by atoms with van der Waals surface area (Å²) >= 11 is 0. The van der Waals surface area contributed by atoms with Crippen LogP contribution in [-0.4, -0.2) is 25.8 Å². The second-order valence-electron chi connectivity index (χ2n) is 17.7. The molecule has 0 N–H and O–H groups in total. The van der Waals surface area contributed by atoms with Crippen LogP contribution in [0.4, 0.5) is 0 Å². The van der Waals surface area contributed by atoms with Crippen LogP contribution in [-0.2, 0) is 0 Å². The molecule has 0 radical (unpaired) electrons. The molecule has 2 bridgehead atoms. The Morgan fingerprint density at radius 3 is 2.26 bits per heavy atom. The number of hydrogen-bond donors (Lipinski definition) is 0. The van der Waals surface area contributed by atoms with E-state index in [1.54, 1.807) is 27.6 Å². The molecule has 264 valence electrons. The minimum absolute atomic E-state index is 0.546. The highest BCUT2D eigenvalue weighted by molar-refractivity contribution is 6.81. The van der Waals surface area contributed by atoms with Crippen LogP contribution in [0.3, 0.4) is 0 Å². The first kappa shape index (κ1) is 33.3. The Morgan fingerprint density at radius 1 is 0.680 bits per heavy atom. The first-order chi connectivity index (χ1) is 24.8. The maximum Gasteiger partial charge on any atom is 0.101 e. The van der Waals surface area contributed by atoms with Crippen LogP contribution >= 0.6 is 0 Å². The molecular weight excluding hydrogens is 619 g/mol. The highest BCUT2D eigenvalue weighted by Crippen LogP contribution is 2.51. The summed E-state index contributed by atoms with van der Waals surface area (Å²) in [6, 6.07) is 13.0. The van der Waals surface area contributed by atoms with E-state index >= 15 is 0 Å². The van der Waals surface area contributed by atoms with Crippen molar-refractivity contribution in [2.24, 2.45) is 29.6 Å². The number of fused-ring (bicyclic) bond motifs is 2. The molecule has 2 heteroatoms. The largest absolute Gasteiger partial charge is 0.362 e. The van der Waals surface area contributed by atoms with E-state index in [0.717, 1.165) is 29.2 Å². The highest BCUT2D eigenvalue weighted by Gasteiger charge is 2.43. The fourth-order valence-corrected chi connectivity index (χ4v) is 16.6. The van der Waals surface area contributed by atoms with E-state index in [1.807, 2.05) is 5.20 Å². The Kier molecular flexibility index (Phi) is 10.1. The first-order valence-corrected chi connectivity index (χ1v) is 23.3. The van der Waals surface area contributed by atoms with E-state index in [0.29, 0.717) is 18.0 Å². The lowest BCUT2D eigenvalue weighted by Gasteiger charge is -2.46. The van der Waals surface area contributed by atoms with E-state index in [9.17, 15) is 0 Å². The lowest BCUT2D eigenvalue weighted by atomic mass is 9.72. The Bertz CT molecular complexity index is 1570. The third-order valence-corrected chi connectivity index (χ3v) is 19.0. The van der Waals surface area contributed by atoms with Crippen molar-refractivity contribution in [1.82, 2.24) is 4.90 Å². The van der Waals surface area contributed by atoms with Crippen LogP contribution in [0.25, 0.3) is 0 Å². The van der Waals surface area contributed by atoms with Gasteiger partial charge in [0.1, 0.15) is 8.80 Å². The summed E-state index contributed by atoms with van der Waals surface area (Å²) < 4.78 is 0. The normalized spacial score (nSPS) is 34.9. The van der Waals surface area contributed by atoms with Gasteiger partial charge < -0.3 is 4.90 Å². The quantitative estimate of drug-likeness (QED) is 0.185. The Hall–Kier alpha value is -2.58. The van der Waals surface area contributed by atoms with Gasteiger partial charge in [-0.15, -0.1) is 0 Å². The second-order valence-corrected chi connectivity index (χ2v) is 21.1. The predicted molar refractivity (Wildman–Crippen MR) is 215 cm³/mol. The molecule has 9 rings (SSSR count). The topological polar surface area (TPSA) is 3.24 Å². The Morgan fingerprint density at radius 2 is 1.56 bits per heavy atom. The maximum atomic E-state index is 3.02. The van der Waals surface area contributed by atoms with Gasteiger partial charge in [0.05, 0.1) is 6.04 Å². The molecule has 1 nitrogen and oxygen atoms in total. The van der Waals surface area contributed by atoms with Gasteiger partial charge in [0, 0.05) is 17.7 Å². The van der Waals surface area contributed by atoms with Crippen molar-refractivity contribution in [1.29, 1.82) is 0 Å². The Labute approximate surface area is 306 Å². The molecule has 6 atom stereocenters. The van der Waals surface area contributed by atoms with Crippen molar-refractivity contribution in [3.63, 3.8) is 0 Å². The summed E-state index contributed by atoms with van der Waals surface area (Å²) in [4.78, 5) is 3.02. The molecule has 1 aromatic carbocycles. The van der Waals surface area contributed by atoms with Crippen LogP contribution in [0.2, 0.25) is 5.54 Å². The average Bonchev–Trinajstić information content (AvgIpc) is 3.96. The summed E-state index contributed by atoms with van der Waals surface area (Å²) in [6.45, 7) is 0. The van der Waals surface area contributed by atoms with Crippen molar-refractivity contribution in [3.05, 3.63) is 113 Å². The second kappa shape index (κ2) is 15.2. The summed E-state index contributed by atoms with van der Waals surface area (Å²) in [6.07, 6.45) is 51.1. The molecule has 8 aliphatic rings. The lowest BCUT2D eigenvalue weighted by Crippen LogP contribution is -2.45. The molecular formula is C48H63NSi. The zero-order valence-electron chi connectivity index (χ0n) is 30.9.